The maximum atomic E-state index is 5.53. The smallest absolute Gasteiger partial charge is 0.221 e. The number of anilines is 1. The van der Waals surface area contributed by atoms with Gasteiger partial charge < -0.3 is 5.73 Å². The number of hydrogen-bond donors (Lipinski definition) is 1. The maximum Gasteiger partial charge on any atom is 0.221 e. The highest BCUT2D eigenvalue weighted by Crippen LogP contribution is 2.17. The average Bonchev–Trinajstić information content (AvgIpc) is 2.03. The van der Waals surface area contributed by atoms with Crippen LogP contribution in [0.1, 0.15) is 25.5 Å². The van der Waals surface area contributed by atoms with E-state index in [1.54, 1.807) is 11.8 Å². The first kappa shape index (κ1) is 10.3. The topological polar surface area (TPSA) is 51.8 Å². The summed E-state index contributed by atoms with van der Waals surface area (Å²) >= 11 is 1.74. The number of aromatic nitrogens is 2. The zero-order chi connectivity index (χ0) is 9.68. The fraction of sp³-hybridized carbons (Fsp3) is 0.556. The van der Waals surface area contributed by atoms with Crippen molar-refractivity contribution in [1.82, 2.24) is 9.97 Å². The largest absolute Gasteiger partial charge is 0.368 e. The molecule has 1 heterocycles. The molecule has 72 valence electrons. The van der Waals surface area contributed by atoms with Gasteiger partial charge in [0.05, 0.1) is 0 Å². The van der Waals surface area contributed by atoms with Gasteiger partial charge in [-0.2, -0.15) is 0 Å². The number of aryl methyl sites for hydroxylation is 1. The van der Waals surface area contributed by atoms with Crippen molar-refractivity contribution in [3.05, 3.63) is 11.8 Å². The molecule has 0 bridgehead atoms. The first-order chi connectivity index (χ1) is 6.22. The lowest BCUT2D eigenvalue weighted by atomic mass is 10.4. The molecule has 0 unspecified atom stereocenters. The number of nitrogens with zero attached hydrogens (tertiary/aromatic N) is 2. The van der Waals surface area contributed by atoms with Gasteiger partial charge in [0.2, 0.25) is 5.95 Å². The molecule has 0 amide bonds. The van der Waals surface area contributed by atoms with Gasteiger partial charge >= 0.3 is 0 Å². The van der Waals surface area contributed by atoms with Crippen LogP contribution in [0.4, 0.5) is 5.95 Å². The molecule has 0 aromatic carbocycles. The quantitative estimate of drug-likeness (QED) is 0.457. The van der Waals surface area contributed by atoms with Gasteiger partial charge in [0.1, 0.15) is 5.03 Å². The van der Waals surface area contributed by atoms with Crippen LogP contribution in [0.5, 0.6) is 0 Å². The molecule has 0 aliphatic heterocycles. The molecule has 1 aromatic heterocycles. The maximum absolute atomic E-state index is 5.53. The van der Waals surface area contributed by atoms with Gasteiger partial charge in [-0.3, -0.25) is 0 Å². The van der Waals surface area contributed by atoms with E-state index in [1.165, 1.54) is 12.8 Å². The third-order valence-corrected chi connectivity index (χ3v) is 2.59. The molecule has 0 aliphatic carbocycles. The molecule has 1 aromatic rings. The zero-order valence-electron chi connectivity index (χ0n) is 8.08. The number of unbranched alkanes of at least 4 members (excludes halogenated alkanes) is 1. The standard InChI is InChI=1S/C9H15N3S/c1-3-4-5-13-8-6-7(2)11-9(10)12-8/h6H,3-5H2,1-2H3,(H2,10,11,12). The summed E-state index contributed by atoms with van der Waals surface area (Å²) in [6, 6.07) is 1.97. The van der Waals surface area contributed by atoms with Gasteiger partial charge in [0, 0.05) is 5.69 Å². The minimum atomic E-state index is 0.374. The third-order valence-electron chi connectivity index (χ3n) is 1.60. The molecule has 0 radical (unpaired) electrons. The van der Waals surface area contributed by atoms with E-state index in [9.17, 15) is 0 Å². The van der Waals surface area contributed by atoms with E-state index in [0.717, 1.165) is 16.5 Å². The monoisotopic (exact) mass is 197 g/mol. The van der Waals surface area contributed by atoms with Crippen molar-refractivity contribution in [2.75, 3.05) is 11.5 Å². The summed E-state index contributed by atoms with van der Waals surface area (Å²) < 4.78 is 0. The number of thioether (sulfide) groups is 1. The molecular weight excluding hydrogens is 182 g/mol. The molecular formula is C9H15N3S. The average molecular weight is 197 g/mol. The van der Waals surface area contributed by atoms with Crippen LogP contribution in [-0.2, 0) is 0 Å². The minimum absolute atomic E-state index is 0.374. The predicted octanol–water partition coefficient (Wildman–Crippen LogP) is 2.26. The summed E-state index contributed by atoms with van der Waals surface area (Å²) in [6.45, 7) is 4.11. The van der Waals surface area contributed by atoms with Crippen molar-refractivity contribution in [3.8, 4) is 0 Å². The Labute approximate surface area is 83.2 Å². The molecule has 0 aliphatic rings. The Hall–Kier alpha value is -0.770. The SMILES string of the molecule is CCCCSc1cc(C)nc(N)n1. The zero-order valence-corrected chi connectivity index (χ0v) is 8.90. The second-order valence-electron chi connectivity index (χ2n) is 2.91. The van der Waals surface area contributed by atoms with Gasteiger partial charge in [-0.15, -0.1) is 11.8 Å². The van der Waals surface area contributed by atoms with Gasteiger partial charge in [-0.1, -0.05) is 13.3 Å². The summed E-state index contributed by atoms with van der Waals surface area (Å²) in [5.74, 6) is 1.48. The Bertz CT molecular complexity index is 255. The highest BCUT2D eigenvalue weighted by atomic mass is 32.2. The summed E-state index contributed by atoms with van der Waals surface area (Å²) in [6.07, 6.45) is 2.43. The minimum Gasteiger partial charge on any atom is -0.368 e. The van der Waals surface area contributed by atoms with E-state index in [4.69, 9.17) is 5.73 Å². The molecule has 0 spiro atoms. The van der Waals surface area contributed by atoms with Crippen molar-refractivity contribution in [3.63, 3.8) is 0 Å². The fourth-order valence-corrected chi connectivity index (χ4v) is 2.01. The van der Waals surface area contributed by atoms with Crippen LogP contribution in [0, 0.1) is 6.92 Å². The first-order valence-electron chi connectivity index (χ1n) is 4.46. The lowest BCUT2D eigenvalue weighted by molar-refractivity contribution is 0.893. The van der Waals surface area contributed by atoms with Crippen molar-refractivity contribution >= 4 is 17.7 Å². The summed E-state index contributed by atoms with van der Waals surface area (Å²) in [5.41, 5.74) is 6.46. The number of rotatable bonds is 4. The lowest BCUT2D eigenvalue weighted by Gasteiger charge is -2.01. The first-order valence-corrected chi connectivity index (χ1v) is 5.45. The van der Waals surface area contributed by atoms with Gasteiger partial charge in [0.15, 0.2) is 0 Å². The molecule has 13 heavy (non-hydrogen) atoms. The van der Waals surface area contributed by atoms with Crippen LogP contribution >= 0.6 is 11.8 Å². The summed E-state index contributed by atoms with van der Waals surface area (Å²) in [4.78, 5) is 8.15. The van der Waals surface area contributed by atoms with Crippen LogP contribution in [0.3, 0.4) is 0 Å². The number of nitrogen functional groups attached to an aromatic ring is 1. The number of hydrogen-bond acceptors (Lipinski definition) is 4. The molecule has 0 saturated heterocycles. The Morgan fingerprint density at radius 1 is 1.46 bits per heavy atom. The lowest BCUT2D eigenvalue weighted by Crippen LogP contribution is -1.97. The van der Waals surface area contributed by atoms with Crippen LogP contribution in [0.25, 0.3) is 0 Å². The number of nitrogens with two attached hydrogens (primary N) is 1. The molecule has 4 heteroatoms. The fourth-order valence-electron chi connectivity index (χ4n) is 0.957. The van der Waals surface area contributed by atoms with E-state index < -0.39 is 0 Å². The highest BCUT2D eigenvalue weighted by Gasteiger charge is 1.98. The molecule has 1 rings (SSSR count). The van der Waals surface area contributed by atoms with Crippen molar-refractivity contribution < 1.29 is 0 Å². The molecule has 0 fully saturated rings. The van der Waals surface area contributed by atoms with E-state index in [-0.39, 0.29) is 0 Å². The molecule has 3 nitrogen and oxygen atoms in total. The van der Waals surface area contributed by atoms with Gasteiger partial charge in [-0.05, 0) is 25.2 Å². The third kappa shape index (κ3) is 3.63. The Kier molecular flexibility index (Phi) is 4.02. The van der Waals surface area contributed by atoms with E-state index in [1.807, 2.05) is 13.0 Å². The Morgan fingerprint density at radius 3 is 2.85 bits per heavy atom. The van der Waals surface area contributed by atoms with Crippen molar-refractivity contribution in [2.45, 2.75) is 31.7 Å². The van der Waals surface area contributed by atoms with Crippen LogP contribution < -0.4 is 5.73 Å². The molecule has 2 N–H and O–H groups in total. The van der Waals surface area contributed by atoms with Crippen LogP contribution in [0.2, 0.25) is 0 Å². The van der Waals surface area contributed by atoms with Gasteiger partial charge in [0.25, 0.3) is 0 Å². The van der Waals surface area contributed by atoms with Crippen molar-refractivity contribution in [1.29, 1.82) is 0 Å². The Morgan fingerprint density at radius 2 is 2.23 bits per heavy atom. The van der Waals surface area contributed by atoms with E-state index in [2.05, 4.69) is 16.9 Å². The normalized spacial score (nSPS) is 10.3. The van der Waals surface area contributed by atoms with E-state index in [0.29, 0.717) is 5.95 Å². The summed E-state index contributed by atoms with van der Waals surface area (Å²) in [5, 5.41) is 0.985. The summed E-state index contributed by atoms with van der Waals surface area (Å²) in [7, 11) is 0. The second-order valence-corrected chi connectivity index (χ2v) is 4.02. The van der Waals surface area contributed by atoms with Crippen molar-refractivity contribution in [2.24, 2.45) is 0 Å². The second kappa shape index (κ2) is 5.07. The van der Waals surface area contributed by atoms with Gasteiger partial charge in [-0.25, -0.2) is 9.97 Å². The van der Waals surface area contributed by atoms with Crippen LogP contribution in [0.15, 0.2) is 11.1 Å². The van der Waals surface area contributed by atoms with E-state index >= 15 is 0 Å². The Balaban J connectivity index is 2.56. The van der Waals surface area contributed by atoms with Crippen LogP contribution in [-0.4, -0.2) is 15.7 Å². The molecule has 0 saturated carbocycles. The highest BCUT2D eigenvalue weighted by molar-refractivity contribution is 7.99. The molecule has 0 atom stereocenters. The predicted molar refractivity (Wildman–Crippen MR) is 56.8 cm³/mol.